The molecule has 0 saturated carbocycles. The molecule has 4 heterocycles. The summed E-state index contributed by atoms with van der Waals surface area (Å²) >= 11 is 0. The molecule has 10 N–H and O–H groups in total. The Hall–Kier alpha value is -1.99. The zero-order valence-electron chi connectivity index (χ0n) is 24.5. The van der Waals surface area contributed by atoms with Crippen LogP contribution in [0.5, 0.6) is 0 Å². The second kappa shape index (κ2) is 15.7. The summed E-state index contributed by atoms with van der Waals surface area (Å²) in [6.45, 7) is 1.15. The van der Waals surface area contributed by atoms with Gasteiger partial charge in [-0.1, -0.05) is 5.21 Å². The monoisotopic (exact) mass is 654 g/mol. The molecule has 3 aliphatic heterocycles. The van der Waals surface area contributed by atoms with Gasteiger partial charge in [-0.2, -0.15) is 0 Å². The lowest BCUT2D eigenvalue weighted by atomic mass is 9.95. The Labute approximate surface area is 256 Å². The minimum absolute atomic E-state index is 0.130. The number of aliphatic hydroxyl groups is 9. The Balaban J connectivity index is 1.51. The standard InChI is InChI=1S/C25H42N4O16/c1-3-29-4-10(27-28-29)8-40-23-14(26-9(2)33)17(36)21(13(7-32)43-23)44-25-20(39)22(16(35)12(6-31)42-25)45-24-19(38)18(37)15(34)11(5-30)41-24/h4,11-25,30-32,34-39H,3,5-8H2,1-2H3,(H,26,33)/t11?,12?,13?,14?,15-,16-,17?,18?,19?,20?,21+,22?,23+,24+,25-/m0/s1. The van der Waals surface area contributed by atoms with Crippen molar-refractivity contribution in [3.05, 3.63) is 11.9 Å². The van der Waals surface area contributed by atoms with Crippen LogP contribution in [0.25, 0.3) is 0 Å². The van der Waals surface area contributed by atoms with E-state index >= 15 is 0 Å². The molecular weight excluding hydrogens is 612 g/mol. The van der Waals surface area contributed by atoms with E-state index in [1.54, 1.807) is 10.9 Å². The molecule has 20 heteroatoms. The van der Waals surface area contributed by atoms with Crippen molar-refractivity contribution in [1.82, 2.24) is 20.3 Å². The number of aliphatic hydroxyl groups excluding tert-OH is 9. The van der Waals surface area contributed by atoms with Gasteiger partial charge in [0.1, 0.15) is 78.9 Å². The Kier molecular flexibility index (Phi) is 12.5. The fraction of sp³-hybridized carbons (Fsp3) is 0.880. The van der Waals surface area contributed by atoms with Crippen LogP contribution in [0.15, 0.2) is 6.20 Å². The van der Waals surface area contributed by atoms with Crippen LogP contribution < -0.4 is 5.32 Å². The zero-order chi connectivity index (χ0) is 33.0. The van der Waals surface area contributed by atoms with Crippen molar-refractivity contribution in [2.75, 3.05) is 19.8 Å². The minimum Gasteiger partial charge on any atom is -0.394 e. The third-order valence-electron chi connectivity index (χ3n) is 7.78. The van der Waals surface area contributed by atoms with Gasteiger partial charge in [-0.15, -0.1) is 5.10 Å². The number of aromatic nitrogens is 3. The summed E-state index contributed by atoms with van der Waals surface area (Å²) in [4.78, 5) is 12.0. The van der Waals surface area contributed by atoms with E-state index in [0.717, 1.165) is 0 Å². The number of hydrogen-bond donors (Lipinski definition) is 10. The third kappa shape index (κ3) is 7.94. The van der Waals surface area contributed by atoms with Crippen molar-refractivity contribution < 1.29 is 79.2 Å². The highest BCUT2D eigenvalue weighted by Crippen LogP contribution is 2.33. The Morgan fingerprint density at radius 1 is 0.800 bits per heavy atom. The number of nitrogens with one attached hydrogen (secondary N) is 1. The second-order valence-electron chi connectivity index (χ2n) is 10.9. The van der Waals surface area contributed by atoms with Crippen LogP contribution in [-0.2, 0) is 46.4 Å². The second-order valence-corrected chi connectivity index (χ2v) is 10.9. The number of amides is 1. The van der Waals surface area contributed by atoms with Crippen molar-refractivity contribution in [3.8, 4) is 0 Å². The molecule has 9 unspecified atom stereocenters. The third-order valence-corrected chi connectivity index (χ3v) is 7.78. The Morgan fingerprint density at radius 2 is 1.38 bits per heavy atom. The first-order valence-corrected chi connectivity index (χ1v) is 14.4. The molecule has 258 valence electrons. The SMILES string of the molecule is CCn1cc(CO[C@@H]2OC(CO)[C@@H](O[C@@H]3OC(CO)[C@H](O)C(O[C@H]4OC(CO)[C@H](O)C(O)C4O)C3O)C(O)C2NC(C)=O)nn1. The van der Waals surface area contributed by atoms with E-state index in [0.29, 0.717) is 12.2 Å². The number of nitrogens with zero attached hydrogens (tertiary/aromatic N) is 3. The van der Waals surface area contributed by atoms with Crippen molar-refractivity contribution >= 4 is 5.91 Å². The Bertz CT molecular complexity index is 1080. The van der Waals surface area contributed by atoms with Crippen LogP contribution >= 0.6 is 0 Å². The van der Waals surface area contributed by atoms with Gasteiger partial charge in [-0.3, -0.25) is 9.48 Å². The Morgan fingerprint density at radius 3 is 1.96 bits per heavy atom. The van der Waals surface area contributed by atoms with Crippen molar-refractivity contribution in [2.45, 2.75) is 119 Å². The summed E-state index contributed by atoms with van der Waals surface area (Å²) in [5, 5.41) is 104. The van der Waals surface area contributed by atoms with Gasteiger partial charge in [0.05, 0.1) is 32.6 Å². The van der Waals surface area contributed by atoms with Gasteiger partial charge in [0.15, 0.2) is 18.9 Å². The van der Waals surface area contributed by atoms with E-state index in [1.165, 1.54) is 6.92 Å². The molecule has 20 nitrogen and oxygen atoms in total. The maximum atomic E-state index is 12.0. The van der Waals surface area contributed by atoms with Gasteiger partial charge in [0.25, 0.3) is 0 Å². The maximum absolute atomic E-state index is 12.0. The number of ether oxygens (including phenoxy) is 6. The molecule has 1 aromatic heterocycles. The molecule has 0 bridgehead atoms. The summed E-state index contributed by atoms with van der Waals surface area (Å²) in [6, 6.07) is -1.27. The summed E-state index contributed by atoms with van der Waals surface area (Å²) in [5.74, 6) is -0.570. The van der Waals surface area contributed by atoms with Gasteiger partial charge >= 0.3 is 0 Å². The zero-order valence-corrected chi connectivity index (χ0v) is 24.5. The highest BCUT2D eigenvalue weighted by molar-refractivity contribution is 5.73. The molecule has 3 saturated heterocycles. The van der Waals surface area contributed by atoms with Crippen LogP contribution in [0.1, 0.15) is 19.5 Å². The van der Waals surface area contributed by atoms with Gasteiger partial charge in [-0.05, 0) is 6.92 Å². The molecular formula is C25H42N4O16. The van der Waals surface area contributed by atoms with E-state index in [1.807, 2.05) is 6.92 Å². The van der Waals surface area contributed by atoms with Crippen LogP contribution in [0.3, 0.4) is 0 Å². The molecule has 1 amide bonds. The number of carbonyl (C=O) groups is 1. The first-order valence-electron chi connectivity index (χ1n) is 14.4. The smallest absolute Gasteiger partial charge is 0.217 e. The highest BCUT2D eigenvalue weighted by Gasteiger charge is 2.54. The first kappa shape index (κ1) is 35.9. The lowest BCUT2D eigenvalue weighted by Crippen LogP contribution is -2.68. The normalized spacial score (nSPS) is 42.4. The summed E-state index contributed by atoms with van der Waals surface area (Å²) in [6.07, 6.45) is -21.3. The van der Waals surface area contributed by atoms with E-state index in [4.69, 9.17) is 28.4 Å². The quantitative estimate of drug-likeness (QED) is 0.100. The summed E-state index contributed by atoms with van der Waals surface area (Å²) < 4.78 is 35.4. The largest absolute Gasteiger partial charge is 0.394 e. The van der Waals surface area contributed by atoms with Crippen molar-refractivity contribution in [2.24, 2.45) is 0 Å². The van der Waals surface area contributed by atoms with Crippen LogP contribution in [0.2, 0.25) is 0 Å². The first-order chi connectivity index (χ1) is 21.4. The van der Waals surface area contributed by atoms with Gasteiger partial charge < -0.3 is 79.7 Å². The maximum Gasteiger partial charge on any atom is 0.217 e. The van der Waals surface area contributed by atoms with Crippen molar-refractivity contribution in [1.29, 1.82) is 0 Å². The van der Waals surface area contributed by atoms with Crippen LogP contribution in [0, 0.1) is 0 Å². The fourth-order valence-electron chi connectivity index (χ4n) is 5.31. The summed E-state index contributed by atoms with van der Waals surface area (Å²) in [7, 11) is 0. The molecule has 3 fully saturated rings. The minimum atomic E-state index is -1.92. The molecule has 4 rings (SSSR count). The summed E-state index contributed by atoms with van der Waals surface area (Å²) in [5.41, 5.74) is 0.424. The van der Waals surface area contributed by atoms with Crippen molar-refractivity contribution in [3.63, 3.8) is 0 Å². The molecule has 45 heavy (non-hydrogen) atoms. The van der Waals surface area contributed by atoms with Crippen LogP contribution in [-0.4, -0.2) is 179 Å². The van der Waals surface area contributed by atoms with Crippen LogP contribution in [0.4, 0.5) is 0 Å². The number of carbonyl (C=O) groups excluding carboxylic acids is 1. The molecule has 15 atom stereocenters. The molecule has 3 aliphatic rings. The topological polar surface area (TPSA) is 297 Å². The average Bonchev–Trinajstić information content (AvgIpc) is 3.49. The molecule has 0 aliphatic carbocycles. The molecule has 0 radical (unpaired) electrons. The predicted molar refractivity (Wildman–Crippen MR) is 141 cm³/mol. The number of rotatable bonds is 12. The highest BCUT2D eigenvalue weighted by atomic mass is 16.8. The lowest BCUT2D eigenvalue weighted by Gasteiger charge is -2.48. The van der Waals surface area contributed by atoms with E-state index in [-0.39, 0.29) is 6.61 Å². The molecule has 1 aromatic rings. The van der Waals surface area contributed by atoms with E-state index < -0.39 is 118 Å². The van der Waals surface area contributed by atoms with E-state index in [9.17, 15) is 50.8 Å². The average molecular weight is 655 g/mol. The number of aryl methyl sites for hydroxylation is 1. The molecule has 0 spiro atoms. The lowest BCUT2D eigenvalue weighted by molar-refractivity contribution is -0.376. The number of hydrogen-bond acceptors (Lipinski definition) is 18. The van der Waals surface area contributed by atoms with E-state index in [2.05, 4.69) is 15.6 Å². The predicted octanol–water partition coefficient (Wildman–Crippen LogP) is -6.59. The van der Waals surface area contributed by atoms with Gasteiger partial charge in [-0.25, -0.2) is 0 Å². The fourth-order valence-corrected chi connectivity index (χ4v) is 5.31. The van der Waals surface area contributed by atoms with Gasteiger partial charge in [0, 0.05) is 13.5 Å². The van der Waals surface area contributed by atoms with Gasteiger partial charge in [0.2, 0.25) is 5.91 Å². The molecule has 0 aromatic carbocycles.